The summed E-state index contributed by atoms with van der Waals surface area (Å²) in [6.07, 6.45) is 0.142. The highest BCUT2D eigenvalue weighted by molar-refractivity contribution is 7.99. The summed E-state index contributed by atoms with van der Waals surface area (Å²) in [5.41, 5.74) is 1.92. The maximum absolute atomic E-state index is 13.7. The first-order valence-corrected chi connectivity index (χ1v) is 9.32. The maximum atomic E-state index is 13.7. The second-order valence-corrected chi connectivity index (χ2v) is 7.20. The molecule has 3 nitrogen and oxygen atoms in total. The Kier molecular flexibility index (Phi) is 4.81. The van der Waals surface area contributed by atoms with E-state index >= 15 is 0 Å². The van der Waals surface area contributed by atoms with Crippen molar-refractivity contribution in [2.75, 3.05) is 16.8 Å². The third-order valence-corrected chi connectivity index (χ3v) is 5.43. The van der Waals surface area contributed by atoms with Crippen molar-refractivity contribution in [2.24, 2.45) is 0 Å². The summed E-state index contributed by atoms with van der Waals surface area (Å²) in [7, 11) is 0. The molecule has 1 N–H and O–H groups in total. The standard InChI is InChI=1S/C21H16F2N2OS/c22-14-9-10-15(23)16(13-14)24-21(26)11-12-25-17-5-1-3-7-19(17)27-20-8-4-2-6-18(20)25/h1-10,13H,11-12H2,(H,24,26). The van der Waals surface area contributed by atoms with Crippen molar-refractivity contribution in [1.29, 1.82) is 0 Å². The number of carbonyl (C=O) groups is 1. The van der Waals surface area contributed by atoms with Gasteiger partial charge in [-0.1, -0.05) is 36.0 Å². The zero-order valence-electron chi connectivity index (χ0n) is 14.3. The molecular formula is C21H16F2N2OS. The molecule has 1 heterocycles. The lowest BCUT2D eigenvalue weighted by atomic mass is 10.2. The minimum atomic E-state index is -0.658. The van der Waals surface area contributed by atoms with Crippen LogP contribution >= 0.6 is 11.8 Å². The fourth-order valence-electron chi connectivity index (χ4n) is 3.04. The number of anilines is 3. The van der Waals surface area contributed by atoms with Crippen LogP contribution in [0.25, 0.3) is 0 Å². The van der Waals surface area contributed by atoms with Gasteiger partial charge in [-0.25, -0.2) is 8.78 Å². The molecule has 1 aliphatic heterocycles. The van der Waals surface area contributed by atoms with E-state index in [1.807, 2.05) is 48.5 Å². The van der Waals surface area contributed by atoms with E-state index in [2.05, 4.69) is 10.2 Å². The van der Waals surface area contributed by atoms with Gasteiger partial charge in [-0.05, 0) is 36.4 Å². The van der Waals surface area contributed by atoms with Gasteiger partial charge in [0.2, 0.25) is 5.91 Å². The molecule has 0 spiro atoms. The number of benzene rings is 3. The second-order valence-electron chi connectivity index (χ2n) is 6.11. The third kappa shape index (κ3) is 3.66. The number of halogens is 2. The van der Waals surface area contributed by atoms with Crippen molar-refractivity contribution in [3.8, 4) is 0 Å². The van der Waals surface area contributed by atoms with Gasteiger partial charge < -0.3 is 10.2 Å². The minimum absolute atomic E-state index is 0.142. The summed E-state index contributed by atoms with van der Waals surface area (Å²) >= 11 is 1.69. The van der Waals surface area contributed by atoms with Crippen molar-refractivity contribution in [3.05, 3.63) is 78.4 Å². The van der Waals surface area contributed by atoms with Crippen molar-refractivity contribution in [2.45, 2.75) is 16.2 Å². The summed E-state index contributed by atoms with van der Waals surface area (Å²) < 4.78 is 27.0. The molecule has 0 unspecified atom stereocenters. The molecular weight excluding hydrogens is 366 g/mol. The summed E-state index contributed by atoms with van der Waals surface area (Å²) in [6.45, 7) is 0.428. The molecule has 0 radical (unpaired) electrons. The lowest BCUT2D eigenvalue weighted by Crippen LogP contribution is -2.26. The predicted octanol–water partition coefficient (Wildman–Crippen LogP) is 5.60. The molecule has 136 valence electrons. The number of hydrogen-bond acceptors (Lipinski definition) is 3. The zero-order chi connectivity index (χ0) is 18.8. The van der Waals surface area contributed by atoms with Crippen molar-refractivity contribution in [3.63, 3.8) is 0 Å². The highest BCUT2D eigenvalue weighted by Crippen LogP contribution is 2.47. The van der Waals surface area contributed by atoms with Gasteiger partial charge in [-0.3, -0.25) is 4.79 Å². The first-order chi connectivity index (χ1) is 13.1. The quantitative estimate of drug-likeness (QED) is 0.638. The highest BCUT2D eigenvalue weighted by Gasteiger charge is 2.23. The molecule has 27 heavy (non-hydrogen) atoms. The van der Waals surface area contributed by atoms with Crippen LogP contribution in [0.3, 0.4) is 0 Å². The zero-order valence-corrected chi connectivity index (χ0v) is 15.1. The van der Waals surface area contributed by atoms with E-state index in [-0.39, 0.29) is 18.0 Å². The third-order valence-electron chi connectivity index (χ3n) is 4.30. The topological polar surface area (TPSA) is 32.3 Å². The van der Waals surface area contributed by atoms with E-state index < -0.39 is 11.6 Å². The van der Waals surface area contributed by atoms with Gasteiger partial charge in [0.05, 0.1) is 17.1 Å². The fourth-order valence-corrected chi connectivity index (χ4v) is 4.14. The van der Waals surface area contributed by atoms with Crippen LogP contribution in [-0.2, 0) is 4.79 Å². The number of fused-ring (bicyclic) bond motifs is 2. The van der Waals surface area contributed by atoms with E-state index in [4.69, 9.17) is 0 Å². The maximum Gasteiger partial charge on any atom is 0.226 e. The molecule has 3 aromatic carbocycles. The van der Waals surface area contributed by atoms with Gasteiger partial charge in [0.25, 0.3) is 0 Å². The molecule has 0 bridgehead atoms. The molecule has 1 aliphatic rings. The van der Waals surface area contributed by atoms with Crippen LogP contribution in [0.4, 0.5) is 25.8 Å². The number of rotatable bonds is 4. The summed E-state index contributed by atoms with van der Waals surface area (Å²) in [5.74, 6) is -1.62. The molecule has 3 aromatic rings. The van der Waals surface area contributed by atoms with Crippen LogP contribution < -0.4 is 10.2 Å². The fraction of sp³-hybridized carbons (Fsp3) is 0.0952. The van der Waals surface area contributed by atoms with Gasteiger partial charge >= 0.3 is 0 Å². The van der Waals surface area contributed by atoms with Crippen molar-refractivity contribution < 1.29 is 13.6 Å². The normalized spacial score (nSPS) is 12.3. The number of para-hydroxylation sites is 2. The monoisotopic (exact) mass is 382 g/mol. The molecule has 0 atom stereocenters. The van der Waals surface area contributed by atoms with Crippen LogP contribution in [0.15, 0.2) is 76.5 Å². The van der Waals surface area contributed by atoms with Crippen LogP contribution in [0.2, 0.25) is 0 Å². The van der Waals surface area contributed by atoms with Crippen LogP contribution in [-0.4, -0.2) is 12.5 Å². The lowest BCUT2D eigenvalue weighted by Gasteiger charge is -2.32. The molecule has 0 saturated carbocycles. The first kappa shape index (κ1) is 17.5. The average molecular weight is 382 g/mol. The van der Waals surface area contributed by atoms with Crippen molar-refractivity contribution in [1.82, 2.24) is 0 Å². The lowest BCUT2D eigenvalue weighted by molar-refractivity contribution is -0.116. The Labute approximate surface area is 160 Å². The SMILES string of the molecule is O=C(CCN1c2ccccc2Sc2ccccc21)Nc1cc(F)ccc1F. The molecule has 0 fully saturated rings. The molecule has 0 saturated heterocycles. The van der Waals surface area contributed by atoms with Gasteiger partial charge in [0, 0.05) is 28.8 Å². The minimum Gasteiger partial charge on any atom is -0.339 e. The molecule has 1 amide bonds. The highest BCUT2D eigenvalue weighted by atomic mass is 32.2. The van der Waals surface area contributed by atoms with Crippen LogP contribution in [0, 0.1) is 11.6 Å². The van der Waals surface area contributed by atoms with Gasteiger partial charge in [-0.2, -0.15) is 0 Å². The molecule has 0 aliphatic carbocycles. The summed E-state index contributed by atoms with van der Waals surface area (Å²) in [6, 6.07) is 19.0. The van der Waals surface area contributed by atoms with Gasteiger partial charge in [-0.15, -0.1) is 0 Å². The number of carbonyl (C=O) groups excluding carboxylic acids is 1. The number of nitrogens with zero attached hydrogens (tertiary/aromatic N) is 1. The summed E-state index contributed by atoms with van der Waals surface area (Å²) in [5, 5.41) is 2.45. The smallest absolute Gasteiger partial charge is 0.226 e. The van der Waals surface area contributed by atoms with E-state index in [1.54, 1.807) is 11.8 Å². The van der Waals surface area contributed by atoms with E-state index in [0.717, 1.165) is 39.4 Å². The Morgan fingerprint density at radius 1 is 0.926 bits per heavy atom. The van der Waals surface area contributed by atoms with Gasteiger partial charge in [0.15, 0.2) is 0 Å². The van der Waals surface area contributed by atoms with Crippen LogP contribution in [0.1, 0.15) is 6.42 Å². The number of hydrogen-bond donors (Lipinski definition) is 1. The molecule has 6 heteroatoms. The first-order valence-electron chi connectivity index (χ1n) is 8.50. The average Bonchev–Trinajstić information content (AvgIpc) is 2.68. The Balaban J connectivity index is 1.53. The van der Waals surface area contributed by atoms with E-state index in [0.29, 0.717) is 6.54 Å². The predicted molar refractivity (Wildman–Crippen MR) is 104 cm³/mol. The number of amides is 1. The molecule has 0 aromatic heterocycles. The Bertz CT molecular complexity index is 963. The second kappa shape index (κ2) is 7.40. The van der Waals surface area contributed by atoms with E-state index in [9.17, 15) is 13.6 Å². The van der Waals surface area contributed by atoms with E-state index in [1.165, 1.54) is 0 Å². The Morgan fingerprint density at radius 3 is 2.22 bits per heavy atom. The van der Waals surface area contributed by atoms with Gasteiger partial charge in [0.1, 0.15) is 11.6 Å². The summed E-state index contributed by atoms with van der Waals surface area (Å²) in [4.78, 5) is 16.6. The molecule has 4 rings (SSSR count). The number of nitrogens with one attached hydrogen (secondary N) is 1. The Morgan fingerprint density at radius 2 is 1.56 bits per heavy atom. The van der Waals surface area contributed by atoms with Crippen LogP contribution in [0.5, 0.6) is 0 Å². The largest absolute Gasteiger partial charge is 0.339 e. The Hall–Kier alpha value is -2.86. The van der Waals surface area contributed by atoms with Crippen molar-refractivity contribution >= 4 is 34.7 Å².